The van der Waals surface area contributed by atoms with E-state index < -0.39 is 0 Å². The van der Waals surface area contributed by atoms with Crippen LogP contribution in [0.25, 0.3) is 33.5 Å². The van der Waals surface area contributed by atoms with Gasteiger partial charge in [0.05, 0.1) is 23.7 Å². The number of hydrogen-bond donors (Lipinski definition) is 2. The summed E-state index contributed by atoms with van der Waals surface area (Å²) in [5.74, 6) is 1.60. The molecule has 1 aliphatic heterocycles. The summed E-state index contributed by atoms with van der Waals surface area (Å²) in [6.45, 7) is 4.52. The summed E-state index contributed by atoms with van der Waals surface area (Å²) in [4.78, 5) is 13.5. The summed E-state index contributed by atoms with van der Waals surface area (Å²) in [6, 6.07) is 13.3. The molecule has 2 aliphatic rings. The molecule has 2 fully saturated rings. The molecule has 7 nitrogen and oxygen atoms in total. The van der Waals surface area contributed by atoms with Crippen molar-refractivity contribution in [3.05, 3.63) is 36.4 Å². The van der Waals surface area contributed by atoms with E-state index in [1.807, 2.05) is 18.2 Å². The first-order chi connectivity index (χ1) is 15.8. The second-order valence-corrected chi connectivity index (χ2v) is 9.09. The van der Waals surface area contributed by atoms with Crippen molar-refractivity contribution in [2.24, 2.45) is 0 Å². The molecular weight excluding hydrogens is 400 g/mol. The van der Waals surface area contributed by atoms with Crippen LogP contribution in [0.2, 0.25) is 0 Å². The lowest BCUT2D eigenvalue weighted by Crippen LogP contribution is -2.50. The lowest BCUT2D eigenvalue weighted by atomic mass is 9.94. The number of anilines is 1. The first kappa shape index (κ1) is 19.6. The second kappa shape index (κ2) is 8.13. The molecule has 0 bridgehead atoms. The zero-order valence-electron chi connectivity index (χ0n) is 18.6. The molecule has 32 heavy (non-hydrogen) atoms. The van der Waals surface area contributed by atoms with E-state index in [0.717, 1.165) is 58.3 Å². The van der Waals surface area contributed by atoms with Gasteiger partial charge in [-0.1, -0.05) is 19.3 Å². The normalized spacial score (nSPS) is 18.6. The summed E-state index contributed by atoms with van der Waals surface area (Å²) in [5.41, 5.74) is 5.07. The monoisotopic (exact) mass is 430 g/mol. The van der Waals surface area contributed by atoms with Crippen LogP contribution >= 0.6 is 0 Å². The van der Waals surface area contributed by atoms with E-state index in [2.05, 4.69) is 43.2 Å². The smallest absolute Gasteiger partial charge is 0.159 e. The average molecular weight is 431 g/mol. The predicted molar refractivity (Wildman–Crippen MR) is 128 cm³/mol. The lowest BCUT2D eigenvalue weighted by Gasteiger charge is -2.41. The minimum absolute atomic E-state index is 0.788. The van der Waals surface area contributed by atoms with Gasteiger partial charge in [0.1, 0.15) is 11.4 Å². The summed E-state index contributed by atoms with van der Waals surface area (Å²) < 4.78 is 5.32. The maximum absolute atomic E-state index is 5.32. The number of H-pyrrole nitrogens is 2. The minimum Gasteiger partial charge on any atom is -0.497 e. The number of hydrogen-bond acceptors (Lipinski definition) is 5. The number of nitrogens with one attached hydrogen (secondary N) is 2. The van der Waals surface area contributed by atoms with Crippen molar-refractivity contribution in [2.45, 2.75) is 38.1 Å². The largest absolute Gasteiger partial charge is 0.497 e. The molecule has 2 N–H and O–H groups in total. The molecule has 1 saturated carbocycles. The molecule has 2 aromatic heterocycles. The number of aromatic amines is 2. The molecule has 0 spiro atoms. The first-order valence-corrected chi connectivity index (χ1v) is 11.8. The molecule has 6 rings (SSSR count). The van der Waals surface area contributed by atoms with Gasteiger partial charge >= 0.3 is 0 Å². The fraction of sp³-hybridized carbons (Fsp3) is 0.440. The number of methoxy groups -OCH3 is 1. The van der Waals surface area contributed by atoms with Crippen LogP contribution in [0, 0.1) is 0 Å². The van der Waals surface area contributed by atoms with E-state index in [1.54, 1.807) is 7.11 Å². The summed E-state index contributed by atoms with van der Waals surface area (Å²) in [5, 5.41) is 8.64. The fourth-order valence-electron chi connectivity index (χ4n) is 5.40. The van der Waals surface area contributed by atoms with Crippen LogP contribution in [-0.2, 0) is 0 Å². The highest BCUT2D eigenvalue weighted by molar-refractivity contribution is 5.94. The minimum atomic E-state index is 0.788. The van der Waals surface area contributed by atoms with Crippen molar-refractivity contribution in [3.63, 3.8) is 0 Å². The molecule has 2 aromatic carbocycles. The molecule has 7 heteroatoms. The van der Waals surface area contributed by atoms with Crippen molar-refractivity contribution >= 4 is 27.6 Å². The number of rotatable bonds is 4. The van der Waals surface area contributed by atoms with Gasteiger partial charge in [-0.3, -0.25) is 10.00 Å². The van der Waals surface area contributed by atoms with Crippen LogP contribution in [0.5, 0.6) is 5.75 Å². The van der Waals surface area contributed by atoms with Crippen LogP contribution in [0.3, 0.4) is 0 Å². The number of fused-ring (bicyclic) bond motifs is 2. The quantitative estimate of drug-likeness (QED) is 0.496. The van der Waals surface area contributed by atoms with E-state index in [-0.39, 0.29) is 0 Å². The van der Waals surface area contributed by atoms with Crippen LogP contribution in [0.15, 0.2) is 36.4 Å². The van der Waals surface area contributed by atoms with Crippen LogP contribution < -0.4 is 9.64 Å². The van der Waals surface area contributed by atoms with Gasteiger partial charge in [0.25, 0.3) is 0 Å². The Labute approximate surface area is 187 Å². The Morgan fingerprint density at radius 3 is 2.59 bits per heavy atom. The second-order valence-electron chi connectivity index (χ2n) is 9.09. The van der Waals surface area contributed by atoms with Crippen molar-refractivity contribution < 1.29 is 4.74 Å². The molecule has 3 heterocycles. The number of aromatic nitrogens is 4. The zero-order chi connectivity index (χ0) is 21.5. The van der Waals surface area contributed by atoms with Crippen molar-refractivity contribution in [1.82, 2.24) is 25.1 Å². The average Bonchev–Trinajstić information content (AvgIpc) is 3.47. The van der Waals surface area contributed by atoms with Crippen LogP contribution in [0.1, 0.15) is 32.1 Å². The third-order valence-electron chi connectivity index (χ3n) is 7.23. The maximum Gasteiger partial charge on any atom is 0.159 e. The highest BCUT2D eigenvalue weighted by Gasteiger charge is 2.25. The molecular formula is C25H30N6O. The molecule has 1 saturated heterocycles. The number of ether oxygens (including phenoxy) is 1. The predicted octanol–water partition coefficient (Wildman–Crippen LogP) is 4.57. The van der Waals surface area contributed by atoms with Crippen LogP contribution in [0.4, 0.5) is 5.69 Å². The van der Waals surface area contributed by atoms with E-state index in [1.165, 1.54) is 50.9 Å². The Balaban J connectivity index is 1.22. The Bertz CT molecular complexity index is 1230. The van der Waals surface area contributed by atoms with E-state index >= 15 is 0 Å². The van der Waals surface area contributed by atoms with Gasteiger partial charge in [-0.15, -0.1) is 0 Å². The molecule has 0 amide bonds. The van der Waals surface area contributed by atoms with E-state index in [4.69, 9.17) is 9.72 Å². The van der Waals surface area contributed by atoms with Gasteiger partial charge in [0, 0.05) is 49.4 Å². The topological polar surface area (TPSA) is 73.1 Å². The Kier molecular flexibility index (Phi) is 4.98. The lowest BCUT2D eigenvalue weighted by molar-refractivity contribution is 0.148. The first-order valence-electron chi connectivity index (χ1n) is 11.8. The zero-order valence-corrected chi connectivity index (χ0v) is 18.6. The summed E-state index contributed by atoms with van der Waals surface area (Å²) in [6.07, 6.45) is 7.01. The highest BCUT2D eigenvalue weighted by atomic mass is 16.5. The molecule has 4 aromatic rings. The van der Waals surface area contributed by atoms with Gasteiger partial charge in [-0.25, -0.2) is 4.98 Å². The Hall–Kier alpha value is -3.06. The van der Waals surface area contributed by atoms with Gasteiger partial charge in [-0.2, -0.15) is 5.10 Å². The Morgan fingerprint density at radius 2 is 1.78 bits per heavy atom. The van der Waals surface area contributed by atoms with Gasteiger partial charge in [-0.05, 0) is 43.2 Å². The summed E-state index contributed by atoms with van der Waals surface area (Å²) in [7, 11) is 1.67. The third kappa shape index (κ3) is 3.50. The molecule has 1 aliphatic carbocycles. The van der Waals surface area contributed by atoms with Crippen LogP contribution in [-0.4, -0.2) is 64.4 Å². The number of imidazole rings is 1. The summed E-state index contributed by atoms with van der Waals surface area (Å²) >= 11 is 0. The van der Waals surface area contributed by atoms with E-state index in [0.29, 0.717) is 0 Å². The fourth-order valence-corrected chi connectivity index (χ4v) is 5.40. The molecule has 0 unspecified atom stereocenters. The van der Waals surface area contributed by atoms with Crippen molar-refractivity contribution in [3.8, 4) is 17.3 Å². The van der Waals surface area contributed by atoms with E-state index in [9.17, 15) is 0 Å². The number of benzene rings is 2. The van der Waals surface area contributed by atoms with Gasteiger partial charge in [0.15, 0.2) is 5.82 Å². The molecule has 0 radical (unpaired) electrons. The van der Waals surface area contributed by atoms with Gasteiger partial charge in [0.2, 0.25) is 0 Å². The number of nitrogens with zero attached hydrogens (tertiary/aromatic N) is 4. The van der Waals surface area contributed by atoms with Crippen molar-refractivity contribution in [2.75, 3.05) is 38.2 Å². The SMILES string of the molecule is COc1ccc2c(-c3nc4ccc(N5CCN(C6CCCCC6)CC5)cc4[nH]3)n[nH]c2c1. The molecule has 0 atom stereocenters. The molecule has 166 valence electrons. The van der Waals surface area contributed by atoms with Gasteiger partial charge < -0.3 is 14.6 Å². The van der Waals surface area contributed by atoms with Crippen molar-refractivity contribution in [1.29, 1.82) is 0 Å². The third-order valence-corrected chi connectivity index (χ3v) is 7.23. The maximum atomic E-state index is 5.32. The number of piperazine rings is 1. The highest BCUT2D eigenvalue weighted by Crippen LogP contribution is 2.30. The standard InChI is InChI=1S/C25H30N6O/c1-32-19-8-9-20-22(16-19)28-29-24(20)25-26-21-10-7-18(15-23(21)27-25)31-13-11-30(12-14-31)17-5-3-2-4-6-17/h7-10,15-17H,2-6,11-14H2,1H3,(H,26,27)(H,28,29). The Morgan fingerprint density at radius 1 is 0.938 bits per heavy atom.